The van der Waals surface area contributed by atoms with Crippen molar-refractivity contribution in [3.8, 4) is 11.5 Å². The Kier molecular flexibility index (Phi) is 3.12. The maximum Gasteiger partial charge on any atom is 0.125 e. The van der Waals surface area contributed by atoms with E-state index in [0.717, 1.165) is 28.9 Å². The van der Waals surface area contributed by atoms with E-state index in [2.05, 4.69) is 26.8 Å². The van der Waals surface area contributed by atoms with Crippen molar-refractivity contribution in [3.63, 3.8) is 0 Å². The molecule has 4 saturated carbocycles. The van der Waals surface area contributed by atoms with Crippen LogP contribution in [0.4, 0.5) is 0 Å². The van der Waals surface area contributed by atoms with Gasteiger partial charge in [-0.05, 0) is 80.1 Å². The highest BCUT2D eigenvalue weighted by atomic mass is 16.3. The van der Waals surface area contributed by atoms with Crippen LogP contribution in [0.5, 0.6) is 11.5 Å². The molecule has 2 N–H and O–H groups in total. The van der Waals surface area contributed by atoms with Gasteiger partial charge < -0.3 is 10.2 Å². The van der Waals surface area contributed by atoms with Crippen LogP contribution in [0.1, 0.15) is 76.0 Å². The first-order chi connectivity index (χ1) is 10.7. The fourth-order valence-corrected chi connectivity index (χ4v) is 6.21. The summed E-state index contributed by atoms with van der Waals surface area (Å²) in [6, 6.07) is 2.14. The van der Waals surface area contributed by atoms with E-state index in [1.807, 2.05) is 6.92 Å². The van der Waals surface area contributed by atoms with E-state index in [-0.39, 0.29) is 16.6 Å². The van der Waals surface area contributed by atoms with Gasteiger partial charge in [-0.1, -0.05) is 20.8 Å². The molecule has 2 nitrogen and oxygen atoms in total. The molecule has 2 heteroatoms. The molecule has 4 aliphatic rings. The van der Waals surface area contributed by atoms with Gasteiger partial charge in [0.25, 0.3) is 0 Å². The maximum atomic E-state index is 10.9. The van der Waals surface area contributed by atoms with E-state index >= 15 is 0 Å². The second-order valence-electron chi connectivity index (χ2n) is 9.74. The van der Waals surface area contributed by atoms with Gasteiger partial charge in [-0.2, -0.15) is 0 Å². The van der Waals surface area contributed by atoms with Gasteiger partial charge in [-0.15, -0.1) is 0 Å². The zero-order chi connectivity index (χ0) is 16.6. The first-order valence-corrected chi connectivity index (χ1v) is 9.26. The highest BCUT2D eigenvalue weighted by Gasteiger charge is 2.52. The highest BCUT2D eigenvalue weighted by Crippen LogP contribution is 2.62. The highest BCUT2D eigenvalue weighted by molar-refractivity contribution is 5.57. The van der Waals surface area contributed by atoms with Crippen molar-refractivity contribution < 1.29 is 10.2 Å². The number of hydrogen-bond donors (Lipinski definition) is 2. The Balaban J connectivity index is 1.87. The Morgan fingerprint density at radius 2 is 1.39 bits per heavy atom. The van der Waals surface area contributed by atoms with Crippen molar-refractivity contribution in [1.82, 2.24) is 0 Å². The van der Waals surface area contributed by atoms with E-state index in [1.165, 1.54) is 38.5 Å². The minimum absolute atomic E-state index is 0.112. The van der Waals surface area contributed by atoms with E-state index in [1.54, 1.807) is 0 Å². The molecule has 0 spiro atoms. The predicted molar refractivity (Wildman–Crippen MR) is 93.1 cm³/mol. The van der Waals surface area contributed by atoms with Crippen LogP contribution in [-0.2, 0) is 10.8 Å². The summed E-state index contributed by atoms with van der Waals surface area (Å²) in [4.78, 5) is 0. The first kappa shape index (κ1) is 15.4. The van der Waals surface area contributed by atoms with Crippen LogP contribution >= 0.6 is 0 Å². The summed E-state index contributed by atoms with van der Waals surface area (Å²) in [5, 5.41) is 21.4. The molecule has 23 heavy (non-hydrogen) atoms. The summed E-state index contributed by atoms with van der Waals surface area (Å²) in [5.74, 6) is 3.20. The third kappa shape index (κ3) is 2.21. The number of rotatable bonds is 1. The summed E-state index contributed by atoms with van der Waals surface area (Å²) in [7, 11) is 0. The summed E-state index contributed by atoms with van der Waals surface area (Å²) in [6.07, 6.45) is 7.93. The summed E-state index contributed by atoms with van der Waals surface area (Å²) >= 11 is 0. The number of benzene rings is 1. The standard InChI is InChI=1S/C21H30O2/c1-12-18(22)16(20(2,3)4)8-17(19(12)23)21-9-13-5-14(10-21)7-15(6-13)11-21/h8,13-15,22-23H,5-7,9-11H2,1-4H3. The fraction of sp³-hybridized carbons (Fsp3) is 0.714. The van der Waals surface area contributed by atoms with Crippen molar-refractivity contribution in [1.29, 1.82) is 0 Å². The van der Waals surface area contributed by atoms with Crippen LogP contribution in [0.2, 0.25) is 0 Å². The van der Waals surface area contributed by atoms with Crippen molar-refractivity contribution in [2.75, 3.05) is 0 Å². The van der Waals surface area contributed by atoms with Crippen molar-refractivity contribution in [2.24, 2.45) is 17.8 Å². The van der Waals surface area contributed by atoms with Crippen molar-refractivity contribution in [2.45, 2.75) is 77.0 Å². The molecule has 4 bridgehead atoms. The molecule has 0 atom stereocenters. The van der Waals surface area contributed by atoms with Crippen molar-refractivity contribution >= 4 is 0 Å². The minimum Gasteiger partial charge on any atom is -0.507 e. The molecule has 5 rings (SSSR count). The zero-order valence-electron chi connectivity index (χ0n) is 14.9. The molecule has 0 saturated heterocycles. The lowest BCUT2D eigenvalue weighted by molar-refractivity contribution is -0.00625. The molecule has 1 aromatic rings. The molecular formula is C21H30O2. The van der Waals surface area contributed by atoms with Gasteiger partial charge in [0.05, 0.1) is 0 Å². The predicted octanol–water partition coefficient (Wildman–Crippen LogP) is 5.17. The lowest BCUT2D eigenvalue weighted by Gasteiger charge is -2.57. The van der Waals surface area contributed by atoms with Crippen LogP contribution < -0.4 is 0 Å². The molecule has 0 unspecified atom stereocenters. The van der Waals surface area contributed by atoms with Crippen LogP contribution in [0.3, 0.4) is 0 Å². The van der Waals surface area contributed by atoms with Crippen molar-refractivity contribution in [3.05, 3.63) is 22.8 Å². The topological polar surface area (TPSA) is 40.5 Å². The number of aromatic hydroxyl groups is 2. The van der Waals surface area contributed by atoms with Gasteiger partial charge in [0.2, 0.25) is 0 Å². The molecule has 0 aromatic heterocycles. The molecule has 1 aromatic carbocycles. The quantitative estimate of drug-likeness (QED) is 0.750. The lowest BCUT2D eigenvalue weighted by Crippen LogP contribution is -2.48. The normalized spacial score (nSPS) is 35.7. The summed E-state index contributed by atoms with van der Waals surface area (Å²) in [6.45, 7) is 8.29. The largest absolute Gasteiger partial charge is 0.507 e. The average Bonchev–Trinajstić information content (AvgIpc) is 2.41. The summed E-state index contributed by atoms with van der Waals surface area (Å²) in [5.41, 5.74) is 2.84. The first-order valence-electron chi connectivity index (χ1n) is 9.26. The SMILES string of the molecule is Cc1c(O)c(C(C)(C)C)cc(C23CC4CC(CC(C4)C2)C3)c1O. The molecule has 0 heterocycles. The Morgan fingerprint density at radius 3 is 1.83 bits per heavy atom. The number of phenolic OH excluding ortho intramolecular Hbond substituents is 2. The van der Waals surface area contributed by atoms with Gasteiger partial charge in [0.1, 0.15) is 11.5 Å². The van der Waals surface area contributed by atoms with Gasteiger partial charge in [-0.3, -0.25) is 0 Å². The van der Waals surface area contributed by atoms with Gasteiger partial charge in [0, 0.05) is 16.7 Å². The van der Waals surface area contributed by atoms with Crippen LogP contribution in [0.15, 0.2) is 6.07 Å². The van der Waals surface area contributed by atoms with Gasteiger partial charge >= 0.3 is 0 Å². The monoisotopic (exact) mass is 314 g/mol. The second-order valence-corrected chi connectivity index (χ2v) is 9.74. The molecule has 4 aliphatic carbocycles. The van der Waals surface area contributed by atoms with E-state index in [4.69, 9.17) is 0 Å². The van der Waals surface area contributed by atoms with Crippen LogP contribution in [-0.4, -0.2) is 10.2 Å². The van der Waals surface area contributed by atoms with E-state index in [0.29, 0.717) is 11.3 Å². The Labute approximate surface area is 139 Å². The van der Waals surface area contributed by atoms with E-state index < -0.39 is 0 Å². The summed E-state index contributed by atoms with van der Waals surface area (Å²) < 4.78 is 0. The maximum absolute atomic E-state index is 10.9. The lowest BCUT2D eigenvalue weighted by atomic mass is 9.47. The van der Waals surface area contributed by atoms with Crippen LogP contribution in [0.25, 0.3) is 0 Å². The van der Waals surface area contributed by atoms with Gasteiger partial charge in [0.15, 0.2) is 0 Å². The Morgan fingerprint density at radius 1 is 0.913 bits per heavy atom. The Bertz CT molecular complexity index is 616. The van der Waals surface area contributed by atoms with E-state index in [9.17, 15) is 10.2 Å². The molecule has 0 amide bonds. The number of phenols is 2. The minimum atomic E-state index is -0.112. The Hall–Kier alpha value is -1.18. The third-order valence-electron chi connectivity index (χ3n) is 6.93. The molecular weight excluding hydrogens is 284 g/mol. The molecule has 4 fully saturated rings. The zero-order valence-corrected chi connectivity index (χ0v) is 14.9. The number of hydrogen-bond acceptors (Lipinski definition) is 2. The van der Waals surface area contributed by atoms with Crippen LogP contribution in [0, 0.1) is 24.7 Å². The molecule has 0 aliphatic heterocycles. The molecule has 0 radical (unpaired) electrons. The third-order valence-corrected chi connectivity index (χ3v) is 6.93. The molecule has 126 valence electrons. The average molecular weight is 314 g/mol. The second kappa shape index (κ2) is 4.68. The fourth-order valence-electron chi connectivity index (χ4n) is 6.21. The smallest absolute Gasteiger partial charge is 0.125 e. The van der Waals surface area contributed by atoms with Gasteiger partial charge in [-0.25, -0.2) is 0 Å².